The molecule has 0 aliphatic carbocycles. The maximum atomic E-state index is 4.24. The molecule has 0 amide bonds. The molecule has 94 valence electrons. The molecule has 0 fully saturated rings. The fourth-order valence-corrected chi connectivity index (χ4v) is 2.57. The molecule has 0 aliphatic heterocycles. The molecule has 2 heterocycles. The Morgan fingerprint density at radius 3 is 2.65 bits per heavy atom. The molecule has 0 spiro atoms. The van der Waals surface area contributed by atoms with Gasteiger partial charge in [0.05, 0.1) is 11.7 Å². The van der Waals surface area contributed by atoms with Gasteiger partial charge < -0.3 is 0 Å². The van der Waals surface area contributed by atoms with E-state index in [9.17, 15) is 0 Å². The predicted octanol–water partition coefficient (Wildman–Crippen LogP) is 3.85. The Labute approximate surface area is 115 Å². The Balaban J connectivity index is 2.12. The highest BCUT2D eigenvalue weighted by atomic mass is 15.1. The molecule has 4 aromatic rings. The molecule has 3 nitrogen and oxygen atoms in total. The summed E-state index contributed by atoms with van der Waals surface area (Å²) >= 11 is 0. The van der Waals surface area contributed by atoms with Crippen LogP contribution >= 0.6 is 0 Å². The van der Waals surface area contributed by atoms with E-state index in [1.165, 1.54) is 5.39 Å². The third kappa shape index (κ3) is 1.64. The molecule has 4 rings (SSSR count). The molecule has 0 bridgehead atoms. The highest BCUT2D eigenvalue weighted by Crippen LogP contribution is 2.31. The normalized spacial score (nSPS) is 11.0. The van der Waals surface area contributed by atoms with E-state index < -0.39 is 0 Å². The maximum Gasteiger partial charge on any atom is 0.0935 e. The van der Waals surface area contributed by atoms with Crippen molar-refractivity contribution >= 4 is 21.7 Å². The van der Waals surface area contributed by atoms with Gasteiger partial charge >= 0.3 is 0 Å². The summed E-state index contributed by atoms with van der Waals surface area (Å²) < 4.78 is 0. The molecule has 0 aliphatic rings. The highest BCUT2D eigenvalue weighted by molar-refractivity contribution is 6.03. The third-order valence-electron chi connectivity index (χ3n) is 3.52. The van der Waals surface area contributed by atoms with Crippen molar-refractivity contribution in [2.45, 2.75) is 0 Å². The zero-order chi connectivity index (χ0) is 13.4. The lowest BCUT2D eigenvalue weighted by molar-refractivity contribution is 1.08. The summed E-state index contributed by atoms with van der Waals surface area (Å²) in [5, 5.41) is 11.7. The second-order valence-electron chi connectivity index (χ2n) is 4.68. The van der Waals surface area contributed by atoms with Gasteiger partial charge in [-0.1, -0.05) is 36.4 Å². The largest absolute Gasteiger partial charge is 0.264 e. The van der Waals surface area contributed by atoms with Gasteiger partial charge in [0.2, 0.25) is 0 Å². The van der Waals surface area contributed by atoms with Crippen LogP contribution in [0.4, 0.5) is 0 Å². The third-order valence-corrected chi connectivity index (χ3v) is 3.52. The van der Waals surface area contributed by atoms with Crippen molar-refractivity contribution in [3.05, 3.63) is 67.1 Å². The van der Waals surface area contributed by atoms with E-state index in [0.29, 0.717) is 0 Å². The van der Waals surface area contributed by atoms with Crippen LogP contribution in [-0.2, 0) is 0 Å². The van der Waals surface area contributed by atoms with Crippen LogP contribution in [-0.4, -0.2) is 15.2 Å². The molecule has 0 saturated carbocycles. The molecular formula is C17H11N3. The molecule has 0 saturated heterocycles. The van der Waals surface area contributed by atoms with Crippen molar-refractivity contribution in [2.24, 2.45) is 0 Å². The standard InChI is InChI=1S/C17H11N3/c1-2-7-17-14(5-1)16(11-19-20-17)13-6-3-4-12-8-9-18-10-15(12)13/h1-11H. The van der Waals surface area contributed by atoms with Crippen LogP contribution in [0, 0.1) is 0 Å². The number of fused-ring (bicyclic) bond motifs is 2. The number of rotatable bonds is 1. The van der Waals surface area contributed by atoms with E-state index in [-0.39, 0.29) is 0 Å². The first kappa shape index (κ1) is 11.1. The van der Waals surface area contributed by atoms with Crippen molar-refractivity contribution in [3.8, 4) is 11.1 Å². The summed E-state index contributed by atoms with van der Waals surface area (Å²) in [7, 11) is 0. The van der Waals surface area contributed by atoms with Crippen molar-refractivity contribution in [1.82, 2.24) is 15.2 Å². The molecule has 2 aromatic heterocycles. The SMILES string of the molecule is c1cc(-c2cnnc3ccccc23)c2cnccc2c1. The molecule has 0 atom stereocenters. The maximum absolute atomic E-state index is 4.24. The van der Waals surface area contributed by atoms with Crippen LogP contribution in [0.5, 0.6) is 0 Å². The molecule has 20 heavy (non-hydrogen) atoms. The molecule has 0 radical (unpaired) electrons. The number of hydrogen-bond donors (Lipinski definition) is 0. The van der Waals surface area contributed by atoms with E-state index in [1.807, 2.05) is 42.9 Å². The van der Waals surface area contributed by atoms with Gasteiger partial charge in [0.15, 0.2) is 0 Å². The van der Waals surface area contributed by atoms with Gasteiger partial charge in [0, 0.05) is 28.7 Å². The van der Waals surface area contributed by atoms with E-state index >= 15 is 0 Å². The Bertz CT molecular complexity index is 828. The van der Waals surface area contributed by atoms with Gasteiger partial charge in [-0.3, -0.25) is 4.98 Å². The highest BCUT2D eigenvalue weighted by Gasteiger charge is 2.08. The van der Waals surface area contributed by atoms with E-state index in [2.05, 4.69) is 39.4 Å². The quantitative estimate of drug-likeness (QED) is 0.520. The Hall–Kier alpha value is -2.81. The van der Waals surface area contributed by atoms with Crippen molar-refractivity contribution in [3.63, 3.8) is 0 Å². The minimum Gasteiger partial charge on any atom is -0.264 e. The molecule has 2 aromatic carbocycles. The zero-order valence-electron chi connectivity index (χ0n) is 10.7. The lowest BCUT2D eigenvalue weighted by Gasteiger charge is -2.08. The number of benzene rings is 2. The molecule has 3 heteroatoms. The summed E-state index contributed by atoms with van der Waals surface area (Å²) in [6, 6.07) is 16.3. The van der Waals surface area contributed by atoms with Gasteiger partial charge in [-0.15, -0.1) is 0 Å². The smallest absolute Gasteiger partial charge is 0.0935 e. The lowest BCUT2D eigenvalue weighted by atomic mass is 9.98. The Morgan fingerprint density at radius 2 is 1.65 bits per heavy atom. The summed E-state index contributed by atoms with van der Waals surface area (Å²) in [5.41, 5.74) is 3.14. The minimum atomic E-state index is 0.908. The van der Waals surface area contributed by atoms with Gasteiger partial charge in [-0.2, -0.15) is 10.2 Å². The Kier molecular flexibility index (Phi) is 2.42. The second kappa shape index (κ2) is 4.38. The van der Waals surface area contributed by atoms with Crippen LogP contribution in [0.15, 0.2) is 67.1 Å². The first-order valence-electron chi connectivity index (χ1n) is 6.47. The number of nitrogens with zero attached hydrogens (tertiary/aromatic N) is 3. The molecule has 0 N–H and O–H groups in total. The van der Waals surface area contributed by atoms with Gasteiger partial charge in [0.1, 0.15) is 0 Å². The summed E-state index contributed by atoms with van der Waals surface area (Å²) in [6.07, 6.45) is 5.54. The lowest BCUT2D eigenvalue weighted by Crippen LogP contribution is -1.89. The molecule has 0 unspecified atom stereocenters. The average molecular weight is 257 g/mol. The van der Waals surface area contributed by atoms with Crippen LogP contribution in [0.1, 0.15) is 0 Å². The van der Waals surface area contributed by atoms with Crippen molar-refractivity contribution < 1.29 is 0 Å². The fraction of sp³-hybridized carbons (Fsp3) is 0. The fourth-order valence-electron chi connectivity index (χ4n) is 2.57. The predicted molar refractivity (Wildman–Crippen MR) is 80.3 cm³/mol. The summed E-state index contributed by atoms with van der Waals surface area (Å²) in [6.45, 7) is 0. The van der Waals surface area contributed by atoms with Gasteiger partial charge in [-0.05, 0) is 23.1 Å². The molecular weight excluding hydrogens is 246 g/mol. The zero-order valence-corrected chi connectivity index (χ0v) is 10.7. The van der Waals surface area contributed by atoms with E-state index in [0.717, 1.165) is 27.4 Å². The van der Waals surface area contributed by atoms with Crippen LogP contribution in [0.2, 0.25) is 0 Å². The second-order valence-corrected chi connectivity index (χ2v) is 4.68. The van der Waals surface area contributed by atoms with Gasteiger partial charge in [0.25, 0.3) is 0 Å². The monoisotopic (exact) mass is 257 g/mol. The van der Waals surface area contributed by atoms with Crippen LogP contribution in [0.3, 0.4) is 0 Å². The first-order valence-corrected chi connectivity index (χ1v) is 6.47. The number of aromatic nitrogens is 3. The van der Waals surface area contributed by atoms with Crippen LogP contribution < -0.4 is 0 Å². The Morgan fingerprint density at radius 1 is 0.700 bits per heavy atom. The first-order chi connectivity index (χ1) is 9.93. The number of hydrogen-bond acceptors (Lipinski definition) is 3. The number of pyridine rings is 1. The topological polar surface area (TPSA) is 38.7 Å². The summed E-state index contributed by atoms with van der Waals surface area (Å²) in [4.78, 5) is 4.24. The minimum absolute atomic E-state index is 0.908. The van der Waals surface area contributed by atoms with E-state index in [4.69, 9.17) is 0 Å². The van der Waals surface area contributed by atoms with E-state index in [1.54, 1.807) is 0 Å². The van der Waals surface area contributed by atoms with Gasteiger partial charge in [-0.25, -0.2) is 0 Å². The summed E-state index contributed by atoms with van der Waals surface area (Å²) in [5.74, 6) is 0. The van der Waals surface area contributed by atoms with Crippen molar-refractivity contribution in [1.29, 1.82) is 0 Å². The van der Waals surface area contributed by atoms with Crippen molar-refractivity contribution in [2.75, 3.05) is 0 Å². The van der Waals surface area contributed by atoms with Crippen LogP contribution in [0.25, 0.3) is 32.8 Å². The average Bonchev–Trinajstić information content (AvgIpc) is 2.54.